The van der Waals surface area contributed by atoms with Crippen molar-refractivity contribution in [3.63, 3.8) is 0 Å². The van der Waals surface area contributed by atoms with Gasteiger partial charge in [0.25, 0.3) is 0 Å². The van der Waals surface area contributed by atoms with Gasteiger partial charge >= 0.3 is 5.97 Å². The molecule has 1 aromatic heterocycles. The number of carbonyl (C=O) groups excluding carboxylic acids is 2. The van der Waals surface area contributed by atoms with E-state index in [2.05, 4.69) is 15.2 Å². The zero-order valence-corrected chi connectivity index (χ0v) is 15.0. The van der Waals surface area contributed by atoms with Crippen molar-refractivity contribution in [2.45, 2.75) is 31.7 Å². The summed E-state index contributed by atoms with van der Waals surface area (Å²) in [4.78, 5) is 29.9. The van der Waals surface area contributed by atoms with Gasteiger partial charge in [0.15, 0.2) is 0 Å². The fourth-order valence-electron chi connectivity index (χ4n) is 3.63. The number of anilines is 1. The molecule has 1 atom stereocenters. The van der Waals surface area contributed by atoms with Gasteiger partial charge in [0.1, 0.15) is 5.69 Å². The summed E-state index contributed by atoms with van der Waals surface area (Å²) < 4.78 is 4.83. The van der Waals surface area contributed by atoms with E-state index < -0.39 is 5.97 Å². The minimum absolute atomic E-state index is 0.123. The Labute approximate surface area is 152 Å². The number of nitrogens with zero attached hydrogens (tertiary/aromatic N) is 1. The van der Waals surface area contributed by atoms with E-state index in [1.165, 1.54) is 7.11 Å². The van der Waals surface area contributed by atoms with Crippen molar-refractivity contribution in [1.29, 1.82) is 0 Å². The Morgan fingerprint density at radius 1 is 1.35 bits per heavy atom. The van der Waals surface area contributed by atoms with Crippen LogP contribution in [-0.2, 0) is 9.53 Å². The van der Waals surface area contributed by atoms with Gasteiger partial charge in [-0.1, -0.05) is 24.6 Å². The number of likely N-dealkylation sites (tertiary alicyclic amines) is 1. The number of hydrogen-bond acceptors (Lipinski definition) is 5. The summed E-state index contributed by atoms with van der Waals surface area (Å²) in [5.74, 6) is -0.697. The Balaban J connectivity index is 1.79. The number of fused-ring (bicyclic) bond motifs is 1. The molecule has 2 heterocycles. The van der Waals surface area contributed by atoms with Gasteiger partial charge in [0.2, 0.25) is 5.91 Å². The lowest BCUT2D eigenvalue weighted by atomic mass is 9.99. The number of para-hydroxylation sites is 1. The van der Waals surface area contributed by atoms with Crippen LogP contribution in [0.15, 0.2) is 24.3 Å². The number of aliphatic hydroxyl groups excluding tert-OH is 1. The van der Waals surface area contributed by atoms with Crippen LogP contribution >= 0.6 is 0 Å². The number of carbonyl (C=O) groups is 2. The van der Waals surface area contributed by atoms with Crippen molar-refractivity contribution in [1.82, 2.24) is 9.88 Å². The number of esters is 1. The van der Waals surface area contributed by atoms with Crippen LogP contribution in [0.4, 0.5) is 5.69 Å². The number of nitrogens with one attached hydrogen (secondary N) is 2. The van der Waals surface area contributed by atoms with Crippen molar-refractivity contribution < 1.29 is 19.4 Å². The number of amides is 1. The van der Waals surface area contributed by atoms with Crippen LogP contribution in [0.2, 0.25) is 0 Å². The van der Waals surface area contributed by atoms with E-state index in [1.54, 1.807) is 0 Å². The molecule has 1 saturated heterocycles. The molecule has 2 aromatic rings. The third kappa shape index (κ3) is 3.89. The Kier molecular flexibility index (Phi) is 5.90. The smallest absolute Gasteiger partial charge is 0.356 e. The summed E-state index contributed by atoms with van der Waals surface area (Å²) in [5.41, 5.74) is 1.46. The lowest BCUT2D eigenvalue weighted by Gasteiger charge is -2.34. The molecule has 7 nitrogen and oxygen atoms in total. The second-order valence-corrected chi connectivity index (χ2v) is 6.59. The van der Waals surface area contributed by atoms with Crippen molar-refractivity contribution in [2.75, 3.05) is 32.1 Å². The van der Waals surface area contributed by atoms with Crippen LogP contribution in [0, 0.1) is 0 Å². The molecule has 1 amide bonds. The summed E-state index contributed by atoms with van der Waals surface area (Å²) in [6, 6.07) is 7.64. The summed E-state index contributed by atoms with van der Waals surface area (Å²) in [5, 5.41) is 12.9. The van der Waals surface area contributed by atoms with Gasteiger partial charge < -0.3 is 20.1 Å². The summed E-state index contributed by atoms with van der Waals surface area (Å²) >= 11 is 0. The normalized spacial score (nSPS) is 18.0. The molecule has 1 aliphatic rings. The minimum atomic E-state index is -0.521. The molecule has 1 aromatic carbocycles. The summed E-state index contributed by atoms with van der Waals surface area (Å²) in [6.07, 6.45) is 3.84. The number of hydrogen-bond donors (Lipinski definition) is 3. The van der Waals surface area contributed by atoms with E-state index in [0.29, 0.717) is 12.1 Å². The number of aliphatic hydroxyl groups is 1. The average molecular weight is 359 g/mol. The number of piperidine rings is 1. The van der Waals surface area contributed by atoms with Crippen LogP contribution in [0.3, 0.4) is 0 Å². The predicted octanol–water partition coefficient (Wildman–Crippen LogP) is 2.13. The number of methoxy groups -OCH3 is 1. The van der Waals surface area contributed by atoms with Crippen molar-refractivity contribution in [3.8, 4) is 0 Å². The molecule has 0 spiro atoms. The highest BCUT2D eigenvalue weighted by atomic mass is 16.5. The van der Waals surface area contributed by atoms with Crippen LogP contribution in [0.1, 0.15) is 36.2 Å². The highest BCUT2D eigenvalue weighted by molar-refractivity contribution is 6.11. The lowest BCUT2D eigenvalue weighted by Crippen LogP contribution is -2.44. The molecule has 3 rings (SSSR count). The molecule has 140 valence electrons. The van der Waals surface area contributed by atoms with Crippen LogP contribution in [-0.4, -0.2) is 59.7 Å². The molecule has 7 heteroatoms. The number of aromatic nitrogens is 1. The maximum absolute atomic E-state index is 12.7. The highest BCUT2D eigenvalue weighted by Crippen LogP contribution is 2.28. The lowest BCUT2D eigenvalue weighted by molar-refractivity contribution is -0.118. The van der Waals surface area contributed by atoms with Gasteiger partial charge in [0.05, 0.1) is 19.3 Å². The molecule has 0 unspecified atom stereocenters. The van der Waals surface area contributed by atoms with Gasteiger partial charge in [-0.15, -0.1) is 0 Å². The van der Waals surface area contributed by atoms with E-state index in [1.807, 2.05) is 24.3 Å². The van der Waals surface area contributed by atoms with Crippen LogP contribution in [0.25, 0.3) is 10.9 Å². The molecule has 0 bridgehead atoms. The van der Waals surface area contributed by atoms with Crippen LogP contribution in [0.5, 0.6) is 0 Å². The monoisotopic (exact) mass is 359 g/mol. The highest BCUT2D eigenvalue weighted by Gasteiger charge is 2.25. The third-order valence-corrected chi connectivity index (χ3v) is 4.92. The molecular formula is C19H25N3O4. The Morgan fingerprint density at radius 2 is 2.15 bits per heavy atom. The van der Waals surface area contributed by atoms with Gasteiger partial charge in [-0.3, -0.25) is 9.69 Å². The quantitative estimate of drug-likeness (QED) is 0.687. The Bertz CT molecular complexity index is 784. The first-order chi connectivity index (χ1) is 12.6. The molecular weight excluding hydrogens is 334 g/mol. The number of H-pyrrole nitrogens is 1. The fraction of sp³-hybridized carbons (Fsp3) is 0.474. The van der Waals surface area contributed by atoms with E-state index in [9.17, 15) is 14.7 Å². The van der Waals surface area contributed by atoms with E-state index in [-0.39, 0.29) is 30.8 Å². The maximum Gasteiger partial charge on any atom is 0.356 e. The van der Waals surface area contributed by atoms with Gasteiger partial charge in [-0.2, -0.15) is 0 Å². The van der Waals surface area contributed by atoms with Crippen molar-refractivity contribution in [3.05, 3.63) is 30.0 Å². The second-order valence-electron chi connectivity index (χ2n) is 6.59. The van der Waals surface area contributed by atoms with Crippen molar-refractivity contribution in [2.24, 2.45) is 0 Å². The first-order valence-electron chi connectivity index (χ1n) is 8.97. The van der Waals surface area contributed by atoms with Gasteiger partial charge in [-0.25, -0.2) is 4.79 Å². The fourth-order valence-corrected chi connectivity index (χ4v) is 3.63. The molecule has 0 saturated carbocycles. The van der Waals surface area contributed by atoms with E-state index in [0.717, 1.165) is 36.7 Å². The zero-order valence-electron chi connectivity index (χ0n) is 15.0. The molecule has 3 N–H and O–H groups in total. The largest absolute Gasteiger partial charge is 0.464 e. The van der Waals surface area contributed by atoms with Crippen LogP contribution < -0.4 is 5.32 Å². The maximum atomic E-state index is 12.7. The van der Waals surface area contributed by atoms with E-state index >= 15 is 0 Å². The first kappa shape index (κ1) is 18.4. The molecule has 26 heavy (non-hydrogen) atoms. The topological polar surface area (TPSA) is 94.7 Å². The number of aromatic amines is 1. The second kappa shape index (κ2) is 8.33. The first-order valence-corrected chi connectivity index (χ1v) is 8.97. The van der Waals surface area contributed by atoms with Crippen molar-refractivity contribution >= 4 is 28.5 Å². The zero-order chi connectivity index (χ0) is 18.5. The molecule has 0 radical (unpaired) electrons. The van der Waals surface area contributed by atoms with Gasteiger partial charge in [0, 0.05) is 23.6 Å². The molecule has 1 aliphatic heterocycles. The number of ether oxygens (including phenoxy) is 1. The average Bonchev–Trinajstić information content (AvgIpc) is 3.01. The molecule has 0 aliphatic carbocycles. The summed E-state index contributed by atoms with van der Waals surface area (Å²) in [6.45, 7) is 1.21. The third-order valence-electron chi connectivity index (χ3n) is 4.92. The Morgan fingerprint density at radius 3 is 2.92 bits per heavy atom. The number of benzene rings is 1. The Hall–Kier alpha value is -2.38. The summed E-state index contributed by atoms with van der Waals surface area (Å²) in [7, 11) is 1.31. The standard InChI is InChI=1S/C19H25N3O4/c1-26-19(25)18-17(14-7-2-3-8-15(14)20-18)21-16(24)12-22-10-5-4-6-13(22)9-11-23/h2-3,7-8,13,20,23H,4-6,9-12H2,1H3,(H,21,24)/t13-/m1/s1. The predicted molar refractivity (Wildman–Crippen MR) is 99.2 cm³/mol. The van der Waals surface area contributed by atoms with E-state index in [4.69, 9.17) is 4.74 Å². The molecule has 1 fully saturated rings. The number of rotatable bonds is 6. The van der Waals surface area contributed by atoms with Gasteiger partial charge in [-0.05, 0) is 31.9 Å². The SMILES string of the molecule is COC(=O)c1[nH]c2ccccc2c1NC(=O)CN1CCCC[C@@H]1CCO. The minimum Gasteiger partial charge on any atom is -0.464 e.